The van der Waals surface area contributed by atoms with E-state index in [1.807, 2.05) is 55.5 Å². The predicted octanol–water partition coefficient (Wildman–Crippen LogP) is 9.15. The smallest absolute Gasteiger partial charge is 0.336 e. The second-order valence-electron chi connectivity index (χ2n) is 12.7. The zero-order valence-electron chi connectivity index (χ0n) is 33.0. The van der Waals surface area contributed by atoms with E-state index in [2.05, 4.69) is 16.8 Å². The first-order chi connectivity index (χ1) is 27.6. The Hall–Kier alpha value is -6.75. The summed E-state index contributed by atoms with van der Waals surface area (Å²) < 4.78 is 32.8. The molecule has 0 heterocycles. The van der Waals surface area contributed by atoms with Crippen molar-refractivity contribution in [2.45, 2.75) is 46.5 Å². The maximum absolute atomic E-state index is 12.7. The summed E-state index contributed by atoms with van der Waals surface area (Å²) in [6, 6.07) is 25.4. The number of nitrogens with zero attached hydrogens (tertiary/aromatic N) is 2. The summed E-state index contributed by atoms with van der Waals surface area (Å²) in [6.45, 7) is 9.96. The lowest BCUT2D eigenvalue weighted by atomic mass is 10.1. The lowest BCUT2D eigenvalue weighted by Gasteiger charge is -2.10. The number of carbonyl (C=O) groups is 3. The van der Waals surface area contributed by atoms with E-state index >= 15 is 0 Å². The molecule has 57 heavy (non-hydrogen) atoms. The molecule has 0 aliphatic heterocycles. The van der Waals surface area contributed by atoms with Gasteiger partial charge in [-0.1, -0.05) is 48.5 Å². The fourth-order valence-corrected chi connectivity index (χ4v) is 5.16. The molecular weight excluding hydrogens is 725 g/mol. The molecule has 0 saturated heterocycles. The van der Waals surface area contributed by atoms with Gasteiger partial charge in [-0.25, -0.2) is 14.4 Å². The Morgan fingerprint density at radius 2 is 1.07 bits per heavy atom. The van der Waals surface area contributed by atoms with Crippen molar-refractivity contribution in [2.24, 2.45) is 10.2 Å². The van der Waals surface area contributed by atoms with Crippen LogP contribution < -0.4 is 23.7 Å². The Morgan fingerprint density at radius 1 is 0.596 bits per heavy atom. The molecule has 296 valence electrons. The number of benzene rings is 4. The summed E-state index contributed by atoms with van der Waals surface area (Å²) in [5, 5.41) is 8.80. The average molecular weight is 773 g/mol. The Balaban J connectivity index is 1.28. The number of carbonyl (C=O) groups excluding carboxylic acids is 3. The molecule has 0 aromatic heterocycles. The van der Waals surface area contributed by atoms with Crippen LogP contribution in [0.2, 0.25) is 0 Å². The molecule has 0 aliphatic carbocycles. The molecule has 0 radical (unpaired) electrons. The molecule has 4 aromatic carbocycles. The summed E-state index contributed by atoms with van der Waals surface area (Å²) >= 11 is 0. The molecule has 0 N–H and O–H groups in total. The van der Waals surface area contributed by atoms with E-state index in [0.717, 1.165) is 59.8 Å². The van der Waals surface area contributed by atoms with Crippen LogP contribution in [-0.2, 0) is 19.1 Å². The van der Waals surface area contributed by atoms with Crippen LogP contribution in [-0.4, -0.2) is 56.8 Å². The third kappa shape index (κ3) is 14.4. The normalized spacial score (nSPS) is 11.7. The maximum atomic E-state index is 12.7. The summed E-state index contributed by atoms with van der Waals surface area (Å²) in [5.74, 6) is 0.487. The minimum absolute atomic E-state index is 0.253. The number of aryl methyl sites for hydroxylation is 1. The highest BCUT2D eigenvalue weighted by Gasteiger charge is 2.13. The van der Waals surface area contributed by atoms with Crippen molar-refractivity contribution >= 4 is 41.5 Å². The van der Waals surface area contributed by atoms with Crippen LogP contribution in [0.3, 0.4) is 0 Å². The number of ether oxygens (including phenoxy) is 6. The average Bonchev–Trinajstić information content (AvgIpc) is 3.23. The summed E-state index contributed by atoms with van der Waals surface area (Å²) in [6.07, 6.45) is 10.8. The minimum Gasteiger partial charge on any atom is -0.494 e. The van der Waals surface area contributed by atoms with Crippen LogP contribution in [0.1, 0.15) is 67.3 Å². The molecule has 11 nitrogen and oxygen atoms in total. The van der Waals surface area contributed by atoms with Gasteiger partial charge in [0.2, 0.25) is 0 Å². The van der Waals surface area contributed by atoms with E-state index in [9.17, 15) is 14.4 Å². The highest BCUT2D eigenvalue weighted by Crippen LogP contribution is 2.30. The first-order valence-corrected chi connectivity index (χ1v) is 18.4. The van der Waals surface area contributed by atoms with Crippen molar-refractivity contribution in [3.05, 3.63) is 138 Å². The lowest BCUT2D eigenvalue weighted by Crippen LogP contribution is -2.06. The zero-order valence-corrected chi connectivity index (χ0v) is 33.0. The van der Waals surface area contributed by atoms with E-state index in [0.29, 0.717) is 41.7 Å². The second kappa shape index (κ2) is 22.6. The van der Waals surface area contributed by atoms with Crippen molar-refractivity contribution < 1.29 is 42.8 Å². The summed E-state index contributed by atoms with van der Waals surface area (Å²) in [7, 11) is 2.99. The van der Waals surface area contributed by atoms with Crippen molar-refractivity contribution in [2.75, 3.05) is 27.4 Å². The van der Waals surface area contributed by atoms with Gasteiger partial charge < -0.3 is 28.4 Å². The van der Waals surface area contributed by atoms with Crippen LogP contribution in [0.5, 0.6) is 28.7 Å². The Bertz CT molecular complexity index is 2110. The first-order valence-electron chi connectivity index (χ1n) is 18.4. The SMILES string of the molecule is C=CC(=O)OCCCCCCOc1ccc(C=CC(=O)Oc2ccc(C(C)=NN=C(C)c3ccc(OC(=O)C=Cc4ccc(C)cc4)c(OC)c3)cc2OC)cc1. The second-order valence-corrected chi connectivity index (χ2v) is 12.7. The highest BCUT2D eigenvalue weighted by atomic mass is 16.6. The topological polar surface area (TPSA) is 131 Å². The molecule has 0 atom stereocenters. The third-order valence-electron chi connectivity index (χ3n) is 8.43. The van der Waals surface area contributed by atoms with Gasteiger partial charge in [0.15, 0.2) is 23.0 Å². The molecule has 0 aliphatic rings. The van der Waals surface area contributed by atoms with E-state index in [4.69, 9.17) is 28.4 Å². The minimum atomic E-state index is -0.568. The molecular formula is C46H48N2O9. The monoisotopic (exact) mass is 772 g/mol. The molecule has 0 bridgehead atoms. The van der Waals surface area contributed by atoms with Crippen molar-refractivity contribution in [1.82, 2.24) is 0 Å². The van der Waals surface area contributed by atoms with Gasteiger partial charge in [-0.3, -0.25) is 0 Å². The van der Waals surface area contributed by atoms with Crippen LogP contribution >= 0.6 is 0 Å². The van der Waals surface area contributed by atoms with Gasteiger partial charge in [0.05, 0.1) is 38.9 Å². The van der Waals surface area contributed by atoms with Crippen molar-refractivity contribution in [3.63, 3.8) is 0 Å². The van der Waals surface area contributed by atoms with Gasteiger partial charge in [-0.2, -0.15) is 10.2 Å². The zero-order chi connectivity index (χ0) is 41.0. The standard InChI is InChI=1S/C46H48N2O9/c1-7-44(49)55-29-11-9-8-10-28-54-39-22-16-36(17-23-39)19-27-46(51)57-41-25-21-38(31-43(41)53-6)34(4)48-47-33(3)37-20-24-40(42(30-37)52-5)56-45(50)26-18-35-14-12-32(2)13-15-35/h7,12-27,30-31H,1,8-11,28-29H2,2-6H3. The van der Waals surface area contributed by atoms with Gasteiger partial charge in [-0.15, -0.1) is 0 Å². The van der Waals surface area contributed by atoms with E-state index in [-0.39, 0.29) is 11.5 Å². The summed E-state index contributed by atoms with van der Waals surface area (Å²) in [5.41, 5.74) is 5.46. The highest BCUT2D eigenvalue weighted by molar-refractivity contribution is 6.02. The first kappa shape index (κ1) is 43.0. The van der Waals surface area contributed by atoms with Gasteiger partial charge in [-0.05, 0) is 118 Å². The molecule has 0 amide bonds. The number of unbranched alkanes of at least 4 members (excludes halogenated alkanes) is 3. The Labute approximate surface area is 333 Å². The molecule has 0 fully saturated rings. The fraction of sp³-hybridized carbons (Fsp3) is 0.239. The Kier molecular flexibility index (Phi) is 17.0. The molecule has 4 aromatic rings. The summed E-state index contributed by atoms with van der Waals surface area (Å²) in [4.78, 5) is 36.2. The predicted molar refractivity (Wildman–Crippen MR) is 222 cm³/mol. The van der Waals surface area contributed by atoms with Gasteiger partial charge in [0.1, 0.15) is 5.75 Å². The Morgan fingerprint density at radius 3 is 1.54 bits per heavy atom. The number of rotatable bonds is 20. The number of esters is 3. The van der Waals surface area contributed by atoms with E-state index in [1.165, 1.54) is 26.4 Å². The van der Waals surface area contributed by atoms with Crippen LogP contribution in [0, 0.1) is 6.92 Å². The lowest BCUT2D eigenvalue weighted by molar-refractivity contribution is -0.138. The molecule has 11 heteroatoms. The van der Waals surface area contributed by atoms with Gasteiger partial charge >= 0.3 is 17.9 Å². The van der Waals surface area contributed by atoms with Crippen LogP contribution in [0.15, 0.2) is 120 Å². The molecule has 0 spiro atoms. The van der Waals surface area contributed by atoms with Crippen LogP contribution in [0.25, 0.3) is 12.2 Å². The van der Waals surface area contributed by atoms with Crippen molar-refractivity contribution in [3.8, 4) is 28.7 Å². The largest absolute Gasteiger partial charge is 0.494 e. The number of hydrogen-bond donors (Lipinski definition) is 0. The quantitative estimate of drug-likeness (QED) is 0.0216. The van der Waals surface area contributed by atoms with E-state index < -0.39 is 17.9 Å². The molecule has 4 rings (SSSR count). The molecule has 0 unspecified atom stereocenters. The number of hydrogen-bond acceptors (Lipinski definition) is 11. The van der Waals surface area contributed by atoms with Gasteiger partial charge in [0.25, 0.3) is 0 Å². The fourth-order valence-electron chi connectivity index (χ4n) is 5.16. The van der Waals surface area contributed by atoms with E-state index in [1.54, 1.807) is 62.4 Å². The third-order valence-corrected chi connectivity index (χ3v) is 8.43. The maximum Gasteiger partial charge on any atom is 0.336 e. The number of methoxy groups -OCH3 is 2. The van der Waals surface area contributed by atoms with Gasteiger partial charge in [0, 0.05) is 29.4 Å². The van der Waals surface area contributed by atoms with Crippen LogP contribution in [0.4, 0.5) is 0 Å². The van der Waals surface area contributed by atoms with Crippen molar-refractivity contribution in [1.29, 1.82) is 0 Å². The molecule has 0 saturated carbocycles.